The maximum Gasteiger partial charge on any atom is 0.275 e. The molecule has 0 aliphatic rings. The number of sulfonamides is 1. The minimum absolute atomic E-state index is 0.0568. The monoisotopic (exact) mass is 326 g/mol. The number of hydrogen-bond donors (Lipinski definition) is 3. The van der Waals surface area contributed by atoms with Crippen molar-refractivity contribution in [2.24, 2.45) is 5.14 Å². The maximum absolute atomic E-state index is 12.0. The van der Waals surface area contributed by atoms with Gasteiger partial charge in [-0.3, -0.25) is 4.79 Å². The fourth-order valence-corrected chi connectivity index (χ4v) is 2.86. The molecule has 0 saturated carbocycles. The van der Waals surface area contributed by atoms with Crippen LogP contribution in [0.3, 0.4) is 0 Å². The predicted octanol–water partition coefficient (Wildman–Crippen LogP) is 1.24. The van der Waals surface area contributed by atoms with E-state index in [0.29, 0.717) is 11.3 Å². The van der Waals surface area contributed by atoms with E-state index in [-0.39, 0.29) is 15.7 Å². The first kappa shape index (κ1) is 15.4. The van der Waals surface area contributed by atoms with Gasteiger partial charge in [0.25, 0.3) is 5.91 Å². The number of amides is 1. The Kier molecular flexibility index (Phi) is 3.99. The van der Waals surface area contributed by atoms with Crippen LogP contribution in [-0.2, 0) is 10.0 Å². The highest BCUT2D eigenvalue weighted by Crippen LogP contribution is 2.24. The van der Waals surface area contributed by atoms with Gasteiger partial charge in [0, 0.05) is 11.1 Å². The van der Waals surface area contributed by atoms with Gasteiger partial charge in [-0.25, -0.2) is 18.5 Å². The summed E-state index contributed by atoms with van der Waals surface area (Å²) < 4.78 is 22.9. The lowest BCUT2D eigenvalue weighted by Crippen LogP contribution is -2.16. The number of nitrogens with zero attached hydrogens (tertiary/aromatic N) is 1. The molecule has 1 amide bonds. The zero-order chi connectivity index (χ0) is 15.8. The molecule has 0 unspecified atom stereocenters. The summed E-state index contributed by atoms with van der Waals surface area (Å²) in [6.45, 7) is 3.51. The van der Waals surface area contributed by atoms with Gasteiger partial charge < -0.3 is 11.1 Å². The Labute approximate surface area is 126 Å². The molecule has 2 aromatic rings. The number of nitrogen functional groups attached to an aromatic ring is 1. The van der Waals surface area contributed by atoms with Gasteiger partial charge in [-0.05, 0) is 37.1 Å². The Bertz CT molecular complexity index is 812. The predicted molar refractivity (Wildman–Crippen MR) is 81.8 cm³/mol. The number of thiazole rings is 1. The highest BCUT2D eigenvalue weighted by atomic mass is 32.2. The van der Waals surface area contributed by atoms with Crippen LogP contribution in [0.2, 0.25) is 0 Å². The highest BCUT2D eigenvalue weighted by Gasteiger charge is 2.16. The number of carbonyl (C=O) groups excluding carboxylic acids is 1. The van der Waals surface area contributed by atoms with E-state index in [1.807, 2.05) is 0 Å². The number of carbonyl (C=O) groups is 1. The molecule has 0 radical (unpaired) electrons. The van der Waals surface area contributed by atoms with E-state index >= 15 is 0 Å². The summed E-state index contributed by atoms with van der Waals surface area (Å²) in [5.41, 5.74) is 7.48. The van der Waals surface area contributed by atoms with E-state index in [1.54, 1.807) is 13.8 Å². The van der Waals surface area contributed by atoms with Crippen molar-refractivity contribution >= 4 is 38.1 Å². The van der Waals surface area contributed by atoms with Crippen LogP contribution in [0.4, 0.5) is 10.8 Å². The molecule has 0 bridgehead atoms. The molecule has 0 fully saturated rings. The highest BCUT2D eigenvalue weighted by molar-refractivity contribution is 7.89. The van der Waals surface area contributed by atoms with Crippen LogP contribution in [0.15, 0.2) is 22.4 Å². The second kappa shape index (κ2) is 5.43. The summed E-state index contributed by atoms with van der Waals surface area (Å²) in [6, 6.07) is 2.78. The molecule has 5 N–H and O–H groups in total. The van der Waals surface area contributed by atoms with Gasteiger partial charge in [0.05, 0.1) is 4.90 Å². The Morgan fingerprint density at radius 2 is 2.00 bits per heavy atom. The quantitative estimate of drug-likeness (QED) is 0.781. The van der Waals surface area contributed by atoms with Crippen molar-refractivity contribution < 1.29 is 13.2 Å². The van der Waals surface area contributed by atoms with Gasteiger partial charge in [0.2, 0.25) is 10.0 Å². The van der Waals surface area contributed by atoms with Crippen molar-refractivity contribution in [2.75, 3.05) is 11.1 Å². The van der Waals surface area contributed by atoms with E-state index in [1.165, 1.54) is 17.5 Å². The molecule has 112 valence electrons. The van der Waals surface area contributed by atoms with Crippen LogP contribution in [0.1, 0.15) is 21.6 Å². The van der Waals surface area contributed by atoms with Gasteiger partial charge in [-0.2, -0.15) is 0 Å². The second-order valence-electron chi connectivity index (χ2n) is 4.48. The van der Waals surface area contributed by atoms with Gasteiger partial charge in [0.1, 0.15) is 5.69 Å². The van der Waals surface area contributed by atoms with Crippen LogP contribution in [-0.4, -0.2) is 19.3 Å². The Morgan fingerprint density at radius 1 is 1.33 bits per heavy atom. The zero-order valence-electron chi connectivity index (χ0n) is 11.4. The number of rotatable bonds is 3. The lowest BCUT2D eigenvalue weighted by atomic mass is 10.1. The first-order valence-corrected chi connectivity index (χ1v) is 8.27. The summed E-state index contributed by atoms with van der Waals surface area (Å²) in [6.07, 6.45) is 0. The van der Waals surface area contributed by atoms with E-state index in [9.17, 15) is 13.2 Å². The Morgan fingerprint density at radius 3 is 2.52 bits per heavy atom. The third kappa shape index (κ3) is 3.38. The third-order valence-electron chi connectivity index (χ3n) is 2.97. The zero-order valence-corrected chi connectivity index (χ0v) is 13.0. The molecule has 1 aromatic heterocycles. The van der Waals surface area contributed by atoms with E-state index in [2.05, 4.69) is 10.3 Å². The molecule has 1 heterocycles. The number of hydrogen-bond acceptors (Lipinski definition) is 6. The molecule has 1 aromatic carbocycles. The van der Waals surface area contributed by atoms with E-state index in [4.69, 9.17) is 10.9 Å². The normalized spacial score (nSPS) is 11.4. The molecule has 0 saturated heterocycles. The minimum atomic E-state index is -3.85. The summed E-state index contributed by atoms with van der Waals surface area (Å²) in [7, 11) is -3.85. The van der Waals surface area contributed by atoms with Crippen molar-refractivity contribution in [2.45, 2.75) is 18.7 Å². The molecular formula is C12H14N4O3S2. The Balaban J connectivity index is 2.40. The summed E-state index contributed by atoms with van der Waals surface area (Å²) in [5.74, 6) is -0.461. The molecule has 0 spiro atoms. The topological polar surface area (TPSA) is 128 Å². The Hall–Kier alpha value is -1.97. The number of nitrogens with one attached hydrogen (secondary N) is 1. The molecule has 9 heteroatoms. The van der Waals surface area contributed by atoms with E-state index in [0.717, 1.165) is 16.9 Å². The molecular weight excluding hydrogens is 312 g/mol. The molecule has 2 rings (SSSR count). The number of benzene rings is 1. The van der Waals surface area contributed by atoms with Crippen molar-refractivity contribution in [3.8, 4) is 0 Å². The van der Waals surface area contributed by atoms with Gasteiger partial charge in [0.15, 0.2) is 5.13 Å². The third-order valence-corrected chi connectivity index (χ3v) is 4.54. The first-order chi connectivity index (χ1) is 9.68. The lowest BCUT2D eigenvalue weighted by Gasteiger charge is -2.12. The van der Waals surface area contributed by atoms with Crippen LogP contribution in [0.5, 0.6) is 0 Å². The first-order valence-electron chi connectivity index (χ1n) is 5.85. The van der Waals surface area contributed by atoms with Crippen LogP contribution < -0.4 is 16.2 Å². The van der Waals surface area contributed by atoms with Crippen LogP contribution >= 0.6 is 11.3 Å². The average Bonchev–Trinajstić information content (AvgIpc) is 2.80. The standard InChI is InChI=1S/C12H14N4O3S2/c1-6-3-8(21(14,18)19)4-9(7(6)2)15-11(17)10-5-20-12(13)16-10/h3-5H,1-2H3,(H2,13,16)(H,15,17)(H2,14,18,19). The molecule has 0 aliphatic heterocycles. The average molecular weight is 326 g/mol. The smallest absolute Gasteiger partial charge is 0.275 e. The van der Waals surface area contributed by atoms with Gasteiger partial charge >= 0.3 is 0 Å². The fourth-order valence-electron chi connectivity index (χ4n) is 1.70. The maximum atomic E-state index is 12.0. The summed E-state index contributed by atoms with van der Waals surface area (Å²) in [5, 5.41) is 9.55. The van der Waals surface area contributed by atoms with Crippen molar-refractivity contribution in [1.82, 2.24) is 4.98 Å². The number of aryl methyl sites for hydroxylation is 1. The van der Waals surface area contributed by atoms with Crippen LogP contribution in [0.25, 0.3) is 0 Å². The number of anilines is 2. The minimum Gasteiger partial charge on any atom is -0.375 e. The van der Waals surface area contributed by atoms with Crippen molar-refractivity contribution in [1.29, 1.82) is 0 Å². The molecule has 0 aliphatic carbocycles. The number of nitrogens with two attached hydrogens (primary N) is 2. The molecule has 0 atom stereocenters. The fraction of sp³-hybridized carbons (Fsp3) is 0.167. The van der Waals surface area contributed by atoms with Crippen LogP contribution in [0, 0.1) is 13.8 Å². The lowest BCUT2D eigenvalue weighted by molar-refractivity contribution is 0.102. The van der Waals surface area contributed by atoms with Crippen molar-refractivity contribution in [3.05, 3.63) is 34.3 Å². The molecule has 7 nitrogen and oxygen atoms in total. The molecule has 21 heavy (non-hydrogen) atoms. The van der Waals surface area contributed by atoms with E-state index < -0.39 is 15.9 Å². The summed E-state index contributed by atoms with van der Waals surface area (Å²) in [4.78, 5) is 15.9. The SMILES string of the molecule is Cc1cc(S(N)(=O)=O)cc(NC(=O)c2csc(N)n2)c1C. The summed E-state index contributed by atoms with van der Waals surface area (Å²) >= 11 is 1.15. The second-order valence-corrected chi connectivity index (χ2v) is 6.93. The number of aromatic nitrogens is 1. The largest absolute Gasteiger partial charge is 0.375 e. The van der Waals surface area contributed by atoms with Gasteiger partial charge in [-0.1, -0.05) is 0 Å². The van der Waals surface area contributed by atoms with Crippen molar-refractivity contribution in [3.63, 3.8) is 0 Å². The number of primary sulfonamides is 1. The van der Waals surface area contributed by atoms with Gasteiger partial charge in [-0.15, -0.1) is 11.3 Å².